The molecule has 0 bridgehead atoms. The Morgan fingerprint density at radius 1 is 0.748 bits per heavy atom. The van der Waals surface area contributed by atoms with Crippen molar-refractivity contribution in [3.63, 3.8) is 0 Å². The summed E-state index contributed by atoms with van der Waals surface area (Å²) in [7, 11) is 12.2. The number of halogens is 1. The molecule has 0 spiro atoms. The predicted molar refractivity (Wildman–Crippen MR) is 427 cm³/mol. The van der Waals surface area contributed by atoms with Gasteiger partial charge in [0.1, 0.15) is 30.8 Å². The number of imide groups is 1. The number of carbonyl (C=O) groups excluding carboxylic acids is 13. The summed E-state index contributed by atoms with van der Waals surface area (Å²) < 4.78 is 43.4. The van der Waals surface area contributed by atoms with E-state index in [0.717, 1.165) is 18.9 Å². The number of ketones is 1. The van der Waals surface area contributed by atoms with E-state index in [0.29, 0.717) is 42.7 Å². The van der Waals surface area contributed by atoms with Gasteiger partial charge in [0.2, 0.25) is 53.2 Å². The number of thioether (sulfide) groups is 1. The molecule has 3 fully saturated rings. The molecule has 35 heteroatoms. The number of likely N-dealkylation sites (tertiary alicyclic amines) is 2. The summed E-state index contributed by atoms with van der Waals surface area (Å²) in [5.74, 6) is -8.02. The van der Waals surface area contributed by atoms with Crippen LogP contribution in [0.5, 0.6) is 5.75 Å². The number of likely N-dealkylation sites (N-methyl/N-ethyl adjacent to an activating group) is 4. The summed E-state index contributed by atoms with van der Waals surface area (Å²) in [5, 5.41) is 25.1. The van der Waals surface area contributed by atoms with Crippen molar-refractivity contribution in [1.29, 1.82) is 0 Å². The first-order chi connectivity index (χ1) is 54.2. The van der Waals surface area contributed by atoms with Crippen LogP contribution in [0.15, 0.2) is 42.5 Å². The van der Waals surface area contributed by atoms with Crippen LogP contribution in [-0.2, 0) is 73.5 Å². The maximum atomic E-state index is 15.1. The van der Waals surface area contributed by atoms with Gasteiger partial charge in [-0.05, 0) is 118 Å². The third kappa shape index (κ3) is 28.9. The number of primary amides is 1. The Morgan fingerprint density at radius 2 is 1.40 bits per heavy atom. The van der Waals surface area contributed by atoms with E-state index in [9.17, 15) is 71.8 Å². The number of hydrogen-bond acceptors (Lipinski definition) is 21. The fourth-order valence-corrected chi connectivity index (χ4v) is 15.8. The van der Waals surface area contributed by atoms with E-state index in [1.165, 1.54) is 83.8 Å². The number of carbonyl (C=O) groups is 14. The average molecular weight is 1640 g/mol. The molecule has 2 saturated heterocycles. The minimum atomic E-state index is -1.15. The molecule has 2 unspecified atom stereocenters. The monoisotopic (exact) mass is 1640 g/mol. The van der Waals surface area contributed by atoms with Crippen molar-refractivity contribution < 1.29 is 100 Å². The van der Waals surface area contributed by atoms with Gasteiger partial charge >= 0.3 is 24.2 Å². The van der Waals surface area contributed by atoms with Crippen LogP contribution in [0.25, 0.3) is 0 Å². The zero-order chi connectivity index (χ0) is 85.9. The normalized spacial score (nSPS) is 18.1. The highest BCUT2D eigenvalue weighted by Crippen LogP contribution is 2.52. The maximum absolute atomic E-state index is 15.1. The van der Waals surface area contributed by atoms with Gasteiger partial charge in [-0.3, -0.25) is 62.5 Å². The third-order valence-electron chi connectivity index (χ3n) is 21.5. The minimum absolute atomic E-state index is 0.0162. The van der Waals surface area contributed by atoms with E-state index in [-0.39, 0.29) is 142 Å². The van der Waals surface area contributed by atoms with E-state index in [4.69, 9.17) is 29.4 Å². The van der Waals surface area contributed by atoms with Crippen LogP contribution in [0.3, 0.4) is 0 Å². The van der Waals surface area contributed by atoms with Gasteiger partial charge in [-0.2, -0.15) is 0 Å². The molecular weight excluding hydrogens is 1510 g/mol. The molecule has 0 aromatic heterocycles. The van der Waals surface area contributed by atoms with Gasteiger partial charge in [0.05, 0.1) is 74.5 Å². The lowest BCUT2D eigenvalue weighted by Crippen LogP contribution is -2.59. The van der Waals surface area contributed by atoms with E-state index in [1.54, 1.807) is 71.1 Å². The molecule has 3 aliphatic rings. The zero-order valence-electron chi connectivity index (χ0n) is 69.8. The van der Waals surface area contributed by atoms with Crippen molar-refractivity contribution in [3.8, 4) is 5.75 Å². The van der Waals surface area contributed by atoms with Crippen LogP contribution in [0.1, 0.15) is 162 Å². The van der Waals surface area contributed by atoms with Gasteiger partial charge < -0.3 is 86.0 Å². The van der Waals surface area contributed by atoms with Gasteiger partial charge in [0, 0.05) is 97.8 Å². The number of nitrogens with zero attached hydrogens (tertiary/aromatic N) is 6. The lowest BCUT2D eigenvalue weighted by Gasteiger charge is -2.41. The van der Waals surface area contributed by atoms with Crippen LogP contribution >= 0.6 is 11.8 Å². The molecule has 1 saturated carbocycles. The van der Waals surface area contributed by atoms with E-state index >= 15 is 4.79 Å². The zero-order valence-corrected chi connectivity index (χ0v) is 70.6. The van der Waals surface area contributed by atoms with E-state index in [1.807, 2.05) is 41.5 Å². The quantitative estimate of drug-likeness (QED) is 0.0221. The molecule has 9 N–H and O–H groups in total. The smallest absolute Gasteiger partial charge is 0.409 e. The fourth-order valence-electron chi connectivity index (χ4n) is 14.4. The molecule has 0 radical (unpaired) electrons. The van der Waals surface area contributed by atoms with Crippen molar-refractivity contribution in [2.75, 3.05) is 107 Å². The first kappa shape index (κ1) is 96.4. The second-order valence-electron chi connectivity index (χ2n) is 31.7. The second-order valence-corrected chi connectivity index (χ2v) is 32.8. The van der Waals surface area contributed by atoms with Crippen molar-refractivity contribution in [3.05, 3.63) is 59.4 Å². The van der Waals surface area contributed by atoms with Crippen LogP contribution in [0, 0.1) is 40.8 Å². The second kappa shape index (κ2) is 45.9. The average Bonchev–Trinajstić information content (AvgIpc) is 1.67. The summed E-state index contributed by atoms with van der Waals surface area (Å²) in [6.07, 6.45) is -0.996. The van der Waals surface area contributed by atoms with Gasteiger partial charge in [-0.1, -0.05) is 87.3 Å². The number of hydrogen-bond donors (Lipinski definition) is 8. The van der Waals surface area contributed by atoms with Crippen LogP contribution in [0.4, 0.5) is 24.5 Å². The molecule has 2 aromatic carbocycles. The lowest BCUT2D eigenvalue weighted by molar-refractivity contribution is -0.148. The van der Waals surface area contributed by atoms with Crippen molar-refractivity contribution >= 4 is 101 Å². The van der Waals surface area contributed by atoms with Gasteiger partial charge in [-0.15, -0.1) is 11.8 Å². The van der Waals surface area contributed by atoms with Crippen LogP contribution < -0.4 is 42.4 Å². The molecule has 1 aliphatic carbocycles. The first-order valence-electron chi connectivity index (χ1n) is 39.5. The Kier molecular flexibility index (Phi) is 38.5. The third-order valence-corrected chi connectivity index (χ3v) is 23.1. The summed E-state index contributed by atoms with van der Waals surface area (Å²) >= 11 is 1.34. The predicted octanol–water partition coefficient (Wildman–Crippen LogP) is 5.78. The molecule has 2 heterocycles. The van der Waals surface area contributed by atoms with Crippen LogP contribution in [-0.4, -0.2) is 279 Å². The number of anilines is 1. The molecule has 5 rings (SSSR count). The largest absolute Gasteiger partial charge is 0.494 e. The Labute approximate surface area is 678 Å². The molecule has 115 heavy (non-hydrogen) atoms. The number of ether oxygens (including phenoxy) is 5. The van der Waals surface area contributed by atoms with Crippen molar-refractivity contribution in [2.45, 2.75) is 212 Å². The number of amides is 13. The molecule has 2 aromatic rings. The van der Waals surface area contributed by atoms with Crippen molar-refractivity contribution in [1.82, 2.24) is 56.0 Å². The van der Waals surface area contributed by atoms with Gasteiger partial charge in [0.15, 0.2) is 17.3 Å². The Balaban J connectivity index is 1.19. The number of carboxylic acid groups (broad SMARTS) is 1. The summed E-state index contributed by atoms with van der Waals surface area (Å²) in [5.41, 5.74) is 5.77. The summed E-state index contributed by atoms with van der Waals surface area (Å²) in [4.78, 5) is 196. The molecule has 12 atom stereocenters. The topological polar surface area (TPSA) is 423 Å². The van der Waals surface area contributed by atoms with Gasteiger partial charge in [0.25, 0.3) is 0 Å². The number of carboxylic acids is 1. The fraction of sp³-hybridized carbons (Fsp3) is 0.675. The van der Waals surface area contributed by atoms with E-state index in [2.05, 4.69) is 31.9 Å². The number of Topliss-reactive ketones (excluding diaryl/α,β-unsaturated/α-hetero) is 1. The highest BCUT2D eigenvalue weighted by molar-refractivity contribution is 8.00. The molecular formula is C80H124FN13O20S. The Bertz CT molecular complexity index is 3670. The number of nitrogens with two attached hydrogens (primary N) is 1. The summed E-state index contributed by atoms with van der Waals surface area (Å²) in [6, 6.07) is 3.90. The Hall–Kier alpha value is -9.22. The number of methoxy groups -OCH3 is 3. The highest BCUT2D eigenvalue weighted by atomic mass is 32.2. The molecule has 33 nitrogen and oxygen atoms in total. The number of urea groups is 1. The standard InChI is InChI=1S/C80H124FN13O20S/c1-18-49(8)69(92(14)76(106)67(47(4)5)88-74(104)68(48(6)7)89(10)11)60(111-16)39-63(97)94-43-54(38-57(94)70(112-17)50(9)71(101)84-42-58(95)52-27-30-59(110-15)55(81)37-52)114-79(109)91(13)36-35-90(12)78(108)113-44-51-25-28-53(29-26-51)85-72(102)56(23-22-33-83-77(82)107)86-73(103)66(46(2)3)87-62(96)24-20-19-21-34-93-64(98)40-61(75(93)105)115-45-80(31-32-80)41-65(99)100/h25-30,37,46-50,54,56-57,60-61,66-70H,18-24,31-36,38-45H2,1-17H3,(H,84,101)(H,85,102)(H,86,103)(H,87,96)(H,88,104)(H,99,100)(H3,82,83,107)/t49-,50+,54-,56-,57-,60+,61?,66-,67-,68-,69?,70+/m0/s1. The molecule has 642 valence electrons. The lowest BCUT2D eigenvalue weighted by atomic mass is 9.89. The van der Waals surface area contributed by atoms with E-state index < -0.39 is 144 Å². The van der Waals surface area contributed by atoms with Crippen molar-refractivity contribution in [2.24, 2.45) is 40.7 Å². The summed E-state index contributed by atoms with van der Waals surface area (Å²) in [6.45, 7) is 15.7. The number of nitrogens with one attached hydrogen (secondary N) is 6. The SMILES string of the molecule is CC[C@H](C)C([C@@H](CC(=O)N1C[C@@H](OC(=O)N(C)CCN(C)C(=O)OCc2ccc(NC(=O)[C@H](CCCNC(N)=O)NC(=O)[C@@H](NC(=O)CCCCCN3C(=O)CC(SCC4(CC(=O)O)CC4)C3=O)C(C)C)cc2)C[C@H]1[C@H](OC)[C@@H](C)C(=O)NCC(=O)c1ccc(OC)c(F)c1)OC)N(C)C(=O)[C@@H](NC(=O)[C@H](C(C)C)N(C)C)C(C)C. The highest BCUT2D eigenvalue weighted by Gasteiger charge is 2.49. The van der Waals surface area contributed by atoms with Gasteiger partial charge in [-0.25, -0.2) is 18.8 Å². The maximum Gasteiger partial charge on any atom is 0.409 e. The number of aliphatic carboxylic acids is 1. The number of unbranched alkanes of at least 4 members (excludes halogenated alkanes) is 2. The minimum Gasteiger partial charge on any atom is -0.494 e. The molecule has 13 amide bonds. The first-order valence-corrected chi connectivity index (χ1v) is 40.5. The van der Waals surface area contributed by atoms with Crippen LogP contribution in [0.2, 0.25) is 0 Å². The molecule has 2 aliphatic heterocycles. The Morgan fingerprint density at radius 3 is 1.97 bits per heavy atom. The number of benzene rings is 2. The number of rotatable bonds is 48.